The Kier molecular flexibility index (Phi) is 3.12. The monoisotopic (exact) mass is 268 g/mol. The Labute approximate surface area is 116 Å². The van der Waals surface area contributed by atoms with E-state index in [1.165, 1.54) is 0 Å². The van der Waals surface area contributed by atoms with Gasteiger partial charge in [-0.1, -0.05) is 24.3 Å². The van der Waals surface area contributed by atoms with Crippen molar-refractivity contribution in [3.05, 3.63) is 47.5 Å². The standard InChI is InChI=1S/C16H16N2O2/c1-9(19)11-5-3-7-13-15(11)17-14-8-4-6-12(10(2)20)16(14)18-13/h3-10,19-20H,1-2H3. The molecule has 2 N–H and O–H groups in total. The fourth-order valence-corrected chi connectivity index (χ4v) is 2.44. The molecule has 0 saturated heterocycles. The van der Waals surface area contributed by atoms with E-state index in [9.17, 15) is 10.2 Å². The number of hydrogen-bond acceptors (Lipinski definition) is 4. The third-order valence-corrected chi connectivity index (χ3v) is 3.46. The van der Waals surface area contributed by atoms with Crippen LogP contribution in [0.15, 0.2) is 36.4 Å². The first-order valence-corrected chi connectivity index (χ1v) is 6.63. The van der Waals surface area contributed by atoms with E-state index < -0.39 is 12.2 Å². The molecule has 3 aromatic rings. The minimum absolute atomic E-state index is 0.592. The van der Waals surface area contributed by atoms with Gasteiger partial charge >= 0.3 is 0 Å². The minimum atomic E-state index is -0.592. The van der Waals surface area contributed by atoms with E-state index >= 15 is 0 Å². The van der Waals surface area contributed by atoms with Gasteiger partial charge in [-0.3, -0.25) is 0 Å². The second-order valence-corrected chi connectivity index (χ2v) is 5.01. The van der Waals surface area contributed by atoms with E-state index in [1.54, 1.807) is 13.8 Å². The number of benzene rings is 2. The Hall–Kier alpha value is -2.04. The van der Waals surface area contributed by atoms with Crippen molar-refractivity contribution in [1.29, 1.82) is 0 Å². The smallest absolute Gasteiger partial charge is 0.0952 e. The van der Waals surface area contributed by atoms with Crippen molar-refractivity contribution in [1.82, 2.24) is 9.97 Å². The Morgan fingerprint density at radius 2 is 1.15 bits per heavy atom. The molecule has 2 unspecified atom stereocenters. The molecule has 0 aliphatic carbocycles. The van der Waals surface area contributed by atoms with Crippen molar-refractivity contribution < 1.29 is 10.2 Å². The lowest BCUT2D eigenvalue weighted by Crippen LogP contribution is -1.99. The summed E-state index contributed by atoms with van der Waals surface area (Å²) in [6.45, 7) is 3.43. The van der Waals surface area contributed by atoms with Crippen LogP contribution in [0.4, 0.5) is 0 Å². The molecule has 1 heterocycles. The number of aliphatic hydroxyl groups excluding tert-OH is 2. The molecule has 3 rings (SSSR count). The summed E-state index contributed by atoms with van der Waals surface area (Å²) in [5.74, 6) is 0. The minimum Gasteiger partial charge on any atom is -0.389 e. The van der Waals surface area contributed by atoms with Gasteiger partial charge in [0.2, 0.25) is 0 Å². The lowest BCUT2D eigenvalue weighted by molar-refractivity contribution is 0.200. The van der Waals surface area contributed by atoms with E-state index in [1.807, 2.05) is 36.4 Å². The predicted molar refractivity (Wildman–Crippen MR) is 78.3 cm³/mol. The molecule has 0 bridgehead atoms. The molecule has 0 amide bonds. The van der Waals surface area contributed by atoms with E-state index in [0.717, 1.165) is 22.2 Å². The van der Waals surface area contributed by atoms with Crippen LogP contribution in [0.1, 0.15) is 37.2 Å². The van der Waals surface area contributed by atoms with Crippen LogP contribution in [-0.2, 0) is 0 Å². The van der Waals surface area contributed by atoms with E-state index in [2.05, 4.69) is 9.97 Å². The van der Waals surface area contributed by atoms with Gasteiger partial charge in [-0.25, -0.2) is 9.97 Å². The Morgan fingerprint density at radius 3 is 1.50 bits per heavy atom. The molecule has 2 atom stereocenters. The van der Waals surface area contributed by atoms with Crippen LogP contribution in [0.3, 0.4) is 0 Å². The highest BCUT2D eigenvalue weighted by Gasteiger charge is 2.13. The van der Waals surface area contributed by atoms with E-state index in [0.29, 0.717) is 11.0 Å². The molecule has 4 heteroatoms. The van der Waals surface area contributed by atoms with E-state index in [4.69, 9.17) is 0 Å². The number of aromatic nitrogens is 2. The van der Waals surface area contributed by atoms with Gasteiger partial charge in [0.05, 0.1) is 34.3 Å². The first-order chi connectivity index (χ1) is 9.58. The van der Waals surface area contributed by atoms with Crippen LogP contribution in [0.25, 0.3) is 22.1 Å². The van der Waals surface area contributed by atoms with Gasteiger partial charge in [0, 0.05) is 11.1 Å². The summed E-state index contributed by atoms with van der Waals surface area (Å²) in [5.41, 5.74) is 4.39. The van der Waals surface area contributed by atoms with Crippen molar-refractivity contribution >= 4 is 22.1 Å². The number of nitrogens with zero attached hydrogens (tertiary/aromatic N) is 2. The zero-order chi connectivity index (χ0) is 14.3. The van der Waals surface area contributed by atoms with Gasteiger partial charge in [0.15, 0.2) is 0 Å². The lowest BCUT2D eigenvalue weighted by Gasteiger charge is -2.11. The van der Waals surface area contributed by atoms with Crippen LogP contribution < -0.4 is 0 Å². The van der Waals surface area contributed by atoms with Crippen LogP contribution >= 0.6 is 0 Å². The first kappa shape index (κ1) is 13.0. The summed E-state index contributed by atoms with van der Waals surface area (Å²) < 4.78 is 0. The van der Waals surface area contributed by atoms with Gasteiger partial charge in [-0.15, -0.1) is 0 Å². The second kappa shape index (κ2) is 4.81. The van der Waals surface area contributed by atoms with Crippen molar-refractivity contribution in [2.75, 3.05) is 0 Å². The fraction of sp³-hybridized carbons (Fsp3) is 0.250. The van der Waals surface area contributed by atoms with Crippen molar-refractivity contribution in [2.45, 2.75) is 26.1 Å². The lowest BCUT2D eigenvalue weighted by atomic mass is 10.1. The molecular weight excluding hydrogens is 252 g/mol. The number of fused-ring (bicyclic) bond motifs is 2. The molecule has 102 valence electrons. The van der Waals surface area contributed by atoms with Gasteiger partial charge in [-0.05, 0) is 26.0 Å². The molecule has 0 saturated carbocycles. The van der Waals surface area contributed by atoms with Crippen LogP contribution in [0.5, 0.6) is 0 Å². The molecule has 2 aromatic carbocycles. The van der Waals surface area contributed by atoms with Crippen LogP contribution in [-0.4, -0.2) is 20.2 Å². The topological polar surface area (TPSA) is 66.2 Å². The summed E-state index contributed by atoms with van der Waals surface area (Å²) in [7, 11) is 0. The van der Waals surface area contributed by atoms with Crippen molar-refractivity contribution in [3.63, 3.8) is 0 Å². The number of hydrogen-bond donors (Lipinski definition) is 2. The number of rotatable bonds is 2. The van der Waals surface area contributed by atoms with Crippen LogP contribution in [0.2, 0.25) is 0 Å². The number of para-hydroxylation sites is 2. The average Bonchev–Trinajstić information content (AvgIpc) is 2.43. The third-order valence-electron chi connectivity index (χ3n) is 3.46. The molecule has 1 aromatic heterocycles. The second-order valence-electron chi connectivity index (χ2n) is 5.01. The molecule has 0 aliphatic heterocycles. The molecule has 0 aliphatic rings. The summed E-state index contributed by atoms with van der Waals surface area (Å²) in [6.07, 6.45) is -1.18. The zero-order valence-corrected chi connectivity index (χ0v) is 11.4. The van der Waals surface area contributed by atoms with Crippen molar-refractivity contribution in [3.8, 4) is 0 Å². The van der Waals surface area contributed by atoms with Gasteiger partial charge in [0.25, 0.3) is 0 Å². The van der Waals surface area contributed by atoms with Crippen LogP contribution in [0, 0.1) is 0 Å². The zero-order valence-electron chi connectivity index (χ0n) is 11.4. The summed E-state index contributed by atoms with van der Waals surface area (Å²) >= 11 is 0. The maximum atomic E-state index is 9.83. The summed E-state index contributed by atoms with van der Waals surface area (Å²) in [6, 6.07) is 11.2. The quantitative estimate of drug-likeness (QED) is 0.701. The average molecular weight is 268 g/mol. The highest BCUT2D eigenvalue weighted by molar-refractivity contribution is 5.89. The highest BCUT2D eigenvalue weighted by Crippen LogP contribution is 2.27. The van der Waals surface area contributed by atoms with Crippen molar-refractivity contribution in [2.24, 2.45) is 0 Å². The van der Waals surface area contributed by atoms with E-state index in [-0.39, 0.29) is 0 Å². The normalized spacial score (nSPS) is 14.6. The molecule has 0 spiro atoms. The summed E-state index contributed by atoms with van der Waals surface area (Å²) in [5, 5.41) is 19.7. The molecule has 20 heavy (non-hydrogen) atoms. The highest BCUT2D eigenvalue weighted by atomic mass is 16.3. The maximum Gasteiger partial charge on any atom is 0.0952 e. The predicted octanol–water partition coefficient (Wildman–Crippen LogP) is 2.89. The fourth-order valence-electron chi connectivity index (χ4n) is 2.44. The van der Waals surface area contributed by atoms with Gasteiger partial charge < -0.3 is 10.2 Å². The SMILES string of the molecule is CC(O)c1cccc2nc3c(C(C)O)cccc3nc12. The molecule has 0 fully saturated rings. The Balaban J connectivity index is 2.40. The molecule has 0 radical (unpaired) electrons. The first-order valence-electron chi connectivity index (χ1n) is 6.63. The third kappa shape index (κ3) is 2.03. The van der Waals surface area contributed by atoms with Gasteiger partial charge in [-0.2, -0.15) is 0 Å². The Morgan fingerprint density at radius 1 is 0.750 bits per heavy atom. The largest absolute Gasteiger partial charge is 0.389 e. The molecular formula is C16H16N2O2. The maximum absolute atomic E-state index is 9.83. The number of aliphatic hydroxyl groups is 2. The Bertz CT molecular complexity index is 714. The molecule has 4 nitrogen and oxygen atoms in total. The van der Waals surface area contributed by atoms with Gasteiger partial charge in [0.1, 0.15) is 0 Å². The summed E-state index contributed by atoms with van der Waals surface area (Å²) in [4.78, 5) is 9.22.